The smallest absolute Gasteiger partial charge is 0.311 e. The van der Waals surface area contributed by atoms with Crippen molar-refractivity contribution in [1.29, 1.82) is 0 Å². The Labute approximate surface area is 334 Å². The van der Waals surface area contributed by atoms with E-state index in [4.69, 9.17) is 0 Å². The molecule has 19 heteroatoms. The van der Waals surface area contributed by atoms with E-state index in [1.54, 1.807) is 0 Å². The molecule has 1 nitrogen and oxygen atoms in total. The van der Waals surface area contributed by atoms with E-state index in [1.807, 2.05) is 0 Å². The van der Waals surface area contributed by atoms with Gasteiger partial charge in [-0.25, -0.2) is 13.2 Å². The van der Waals surface area contributed by atoms with Crippen LogP contribution in [-0.2, 0) is 37.3 Å². The molecule has 0 fully saturated rings. The topological polar surface area (TPSA) is 3.24 Å². The maximum atomic E-state index is 16.4. The molecule has 0 N–H and O–H groups in total. The van der Waals surface area contributed by atoms with E-state index in [1.165, 1.54) is 17.0 Å². The summed E-state index contributed by atoms with van der Waals surface area (Å²) in [6.45, 7) is 5.16. The standard InChI is InChI=1S/C42H27F18N/c1-20(2)32-34(42(58,59)60)37(45)36(44)33(35(32)43)31(18-22-16-26(40(52,53)54)19-27(17-22)41(55,56)57)21(3)23-4-10-28(11-5-23)61(29-12-6-24(7-13-29)38(46,47)48)30-14-8-25(9-15-30)39(49,50)51/h4-17,19,21,31H,1,18H2,2-3H3. The van der Waals surface area contributed by atoms with Gasteiger partial charge in [0.05, 0.1) is 22.3 Å². The number of nitrogens with zero attached hydrogens (tertiary/aromatic N) is 1. The number of allylic oxidation sites excluding steroid dienone is 1. The van der Waals surface area contributed by atoms with Gasteiger partial charge in [-0.3, -0.25) is 0 Å². The number of rotatable bonds is 9. The number of alkyl halides is 15. The van der Waals surface area contributed by atoms with Crippen LogP contribution in [0.1, 0.15) is 75.8 Å². The zero-order chi connectivity index (χ0) is 45.8. The van der Waals surface area contributed by atoms with Gasteiger partial charge in [0.25, 0.3) is 0 Å². The summed E-state index contributed by atoms with van der Waals surface area (Å²) >= 11 is 0. The molecule has 0 amide bonds. The van der Waals surface area contributed by atoms with Crippen molar-refractivity contribution in [2.75, 3.05) is 4.90 Å². The second kappa shape index (κ2) is 16.3. The Balaban J connectivity index is 1.71. The predicted octanol–water partition coefficient (Wildman–Crippen LogP) is 15.8. The monoisotopic (exact) mass is 887 g/mol. The van der Waals surface area contributed by atoms with E-state index >= 15 is 13.2 Å². The van der Waals surface area contributed by atoms with Crippen LogP contribution >= 0.6 is 0 Å². The van der Waals surface area contributed by atoms with Crippen LogP contribution in [0.3, 0.4) is 0 Å². The van der Waals surface area contributed by atoms with Crippen LogP contribution in [-0.4, -0.2) is 0 Å². The zero-order valence-electron chi connectivity index (χ0n) is 31.0. The first kappa shape index (κ1) is 46.4. The Morgan fingerprint density at radius 2 is 0.885 bits per heavy atom. The van der Waals surface area contributed by atoms with Crippen molar-refractivity contribution in [2.45, 2.75) is 63.0 Å². The minimum Gasteiger partial charge on any atom is -0.311 e. The lowest BCUT2D eigenvalue weighted by atomic mass is 9.76. The molecule has 0 radical (unpaired) electrons. The quantitative estimate of drug-likeness (QED) is 0.105. The average Bonchev–Trinajstić information content (AvgIpc) is 3.14. The van der Waals surface area contributed by atoms with Crippen LogP contribution in [0, 0.1) is 17.5 Å². The molecule has 61 heavy (non-hydrogen) atoms. The van der Waals surface area contributed by atoms with Crippen molar-refractivity contribution in [3.63, 3.8) is 0 Å². The summed E-state index contributed by atoms with van der Waals surface area (Å²) in [6, 6.07) is 11.6. The third-order valence-corrected chi connectivity index (χ3v) is 9.73. The molecule has 0 bridgehead atoms. The largest absolute Gasteiger partial charge is 0.420 e. The molecule has 0 spiro atoms. The zero-order valence-corrected chi connectivity index (χ0v) is 31.0. The second-order valence-corrected chi connectivity index (χ2v) is 13.9. The van der Waals surface area contributed by atoms with Crippen molar-refractivity contribution in [1.82, 2.24) is 0 Å². The molecule has 0 aliphatic rings. The summed E-state index contributed by atoms with van der Waals surface area (Å²) in [4.78, 5) is 1.19. The predicted molar refractivity (Wildman–Crippen MR) is 188 cm³/mol. The molecule has 326 valence electrons. The summed E-state index contributed by atoms with van der Waals surface area (Å²) in [7, 11) is 0. The maximum absolute atomic E-state index is 16.4. The van der Waals surface area contributed by atoms with Crippen molar-refractivity contribution < 1.29 is 79.0 Å². The fourth-order valence-electron chi connectivity index (χ4n) is 6.80. The van der Waals surface area contributed by atoms with Crippen molar-refractivity contribution in [3.8, 4) is 0 Å². The number of anilines is 3. The number of hydrogen-bond acceptors (Lipinski definition) is 1. The highest BCUT2D eigenvalue weighted by atomic mass is 19.4. The van der Waals surface area contributed by atoms with Crippen LogP contribution in [0.15, 0.2) is 97.6 Å². The minimum absolute atomic E-state index is 0.0159. The lowest BCUT2D eigenvalue weighted by Gasteiger charge is -2.30. The highest BCUT2D eigenvalue weighted by molar-refractivity contribution is 5.77. The first-order chi connectivity index (χ1) is 27.9. The molecular formula is C42H27F18N. The van der Waals surface area contributed by atoms with Gasteiger partial charge in [-0.05, 0) is 115 Å². The lowest BCUT2D eigenvalue weighted by molar-refractivity contribution is -0.143. The average molecular weight is 888 g/mol. The van der Waals surface area contributed by atoms with E-state index < -0.39 is 117 Å². The van der Waals surface area contributed by atoms with E-state index in [2.05, 4.69) is 6.58 Å². The molecular weight excluding hydrogens is 860 g/mol. The highest BCUT2D eigenvalue weighted by Crippen LogP contribution is 2.47. The molecule has 2 atom stereocenters. The van der Waals surface area contributed by atoms with E-state index in [-0.39, 0.29) is 40.8 Å². The summed E-state index contributed by atoms with van der Waals surface area (Å²) in [5.41, 5.74) is -13.0. The molecule has 5 aromatic rings. The van der Waals surface area contributed by atoms with Crippen LogP contribution in [0.2, 0.25) is 0 Å². The molecule has 5 rings (SSSR count). The van der Waals surface area contributed by atoms with Crippen LogP contribution < -0.4 is 4.90 Å². The Morgan fingerprint density at radius 3 is 1.23 bits per heavy atom. The van der Waals surface area contributed by atoms with Gasteiger partial charge < -0.3 is 4.90 Å². The fourth-order valence-corrected chi connectivity index (χ4v) is 6.80. The maximum Gasteiger partial charge on any atom is 0.420 e. The first-order valence-electron chi connectivity index (χ1n) is 17.4. The van der Waals surface area contributed by atoms with Gasteiger partial charge in [0.1, 0.15) is 11.4 Å². The summed E-state index contributed by atoms with van der Waals surface area (Å²) in [5, 5.41) is 0. The Bertz CT molecular complexity index is 2290. The van der Waals surface area contributed by atoms with E-state index in [0.717, 1.165) is 50.2 Å². The molecule has 0 aliphatic heterocycles. The van der Waals surface area contributed by atoms with Crippen molar-refractivity contribution in [2.24, 2.45) is 0 Å². The van der Waals surface area contributed by atoms with E-state index in [0.29, 0.717) is 24.3 Å². The summed E-state index contributed by atoms with van der Waals surface area (Å²) in [5.74, 6) is -10.7. The summed E-state index contributed by atoms with van der Waals surface area (Å²) < 4.78 is 253. The van der Waals surface area contributed by atoms with Gasteiger partial charge in [0, 0.05) is 34.1 Å². The number of benzene rings is 5. The fraction of sp³-hybridized carbons (Fsp3) is 0.238. The van der Waals surface area contributed by atoms with Gasteiger partial charge in [-0.2, -0.15) is 65.9 Å². The normalized spacial score (nSPS) is 13.9. The molecule has 0 heterocycles. The van der Waals surface area contributed by atoms with Crippen LogP contribution in [0.4, 0.5) is 96.1 Å². The second-order valence-electron chi connectivity index (χ2n) is 13.9. The van der Waals surface area contributed by atoms with Crippen molar-refractivity contribution in [3.05, 3.63) is 165 Å². The van der Waals surface area contributed by atoms with Gasteiger partial charge in [-0.1, -0.05) is 25.6 Å². The third-order valence-electron chi connectivity index (χ3n) is 9.73. The van der Waals surface area contributed by atoms with Gasteiger partial charge >= 0.3 is 30.9 Å². The van der Waals surface area contributed by atoms with Gasteiger partial charge in [0.2, 0.25) is 0 Å². The van der Waals surface area contributed by atoms with Gasteiger partial charge in [-0.15, -0.1) is 0 Å². The molecule has 0 aromatic heterocycles. The SMILES string of the molecule is C=C(C)c1c(F)c(C(Cc2cc(C(F)(F)F)cc(C(F)(F)F)c2)C(C)c2ccc(N(c3ccc(C(F)(F)F)cc3)c3ccc(C(F)(F)F)cc3)cc2)c(F)c(F)c1C(F)(F)F. The Morgan fingerprint density at radius 1 is 0.508 bits per heavy atom. The Kier molecular flexibility index (Phi) is 12.4. The van der Waals surface area contributed by atoms with Crippen LogP contribution in [0.5, 0.6) is 0 Å². The number of hydrogen-bond donors (Lipinski definition) is 0. The van der Waals surface area contributed by atoms with Crippen molar-refractivity contribution >= 4 is 22.6 Å². The lowest BCUT2D eigenvalue weighted by Crippen LogP contribution is -2.22. The number of halogens is 18. The van der Waals surface area contributed by atoms with E-state index in [9.17, 15) is 65.9 Å². The molecule has 2 unspecified atom stereocenters. The minimum atomic E-state index is -5.72. The molecule has 0 saturated heterocycles. The first-order valence-corrected chi connectivity index (χ1v) is 17.4. The Hall–Kier alpha value is -5.62. The highest BCUT2D eigenvalue weighted by Gasteiger charge is 2.44. The van der Waals surface area contributed by atoms with Crippen LogP contribution in [0.25, 0.3) is 5.57 Å². The molecule has 0 aliphatic carbocycles. The van der Waals surface area contributed by atoms with Gasteiger partial charge in [0.15, 0.2) is 11.6 Å². The third kappa shape index (κ3) is 9.96. The molecule has 0 saturated carbocycles. The molecule has 5 aromatic carbocycles. The summed E-state index contributed by atoms with van der Waals surface area (Å²) in [6.07, 6.45) is -27.2.